The lowest BCUT2D eigenvalue weighted by atomic mass is 9.98. The molecule has 2 heterocycles. The van der Waals surface area contributed by atoms with Gasteiger partial charge in [0, 0.05) is 30.2 Å². The molecule has 0 spiro atoms. The number of benzene rings is 1. The van der Waals surface area contributed by atoms with E-state index in [9.17, 15) is 4.79 Å². The van der Waals surface area contributed by atoms with Crippen molar-refractivity contribution in [3.63, 3.8) is 0 Å². The second-order valence-corrected chi connectivity index (χ2v) is 6.43. The van der Waals surface area contributed by atoms with Gasteiger partial charge in [0.1, 0.15) is 0 Å². The summed E-state index contributed by atoms with van der Waals surface area (Å²) in [6.45, 7) is 2.82. The number of amides is 1. The number of H-pyrrole nitrogens is 1. The van der Waals surface area contributed by atoms with Crippen molar-refractivity contribution < 1.29 is 4.79 Å². The molecular weight excluding hydrogens is 274 g/mol. The number of aromatic amines is 1. The highest BCUT2D eigenvalue weighted by molar-refractivity contribution is 5.81. The van der Waals surface area contributed by atoms with Gasteiger partial charge in [-0.25, -0.2) is 0 Å². The van der Waals surface area contributed by atoms with Gasteiger partial charge in [-0.15, -0.1) is 0 Å². The number of para-hydroxylation sites is 1. The molecule has 0 bridgehead atoms. The average molecular weight is 299 g/mol. The average Bonchev–Trinajstić information content (AvgIpc) is 2.96. The Morgan fingerprint density at radius 1 is 1.41 bits per heavy atom. The summed E-state index contributed by atoms with van der Waals surface area (Å²) >= 11 is 0. The molecule has 2 aromatic rings. The number of nitrogens with one attached hydrogen (secondary N) is 1. The fourth-order valence-corrected chi connectivity index (χ4v) is 3.32. The molecule has 4 nitrogen and oxygen atoms in total. The summed E-state index contributed by atoms with van der Waals surface area (Å²) in [6.07, 6.45) is 4.62. The Hall–Kier alpha value is -1.81. The van der Waals surface area contributed by atoms with Crippen LogP contribution in [-0.4, -0.2) is 28.4 Å². The van der Waals surface area contributed by atoms with Gasteiger partial charge in [-0.2, -0.15) is 0 Å². The van der Waals surface area contributed by atoms with Crippen LogP contribution in [0.4, 0.5) is 0 Å². The van der Waals surface area contributed by atoms with Gasteiger partial charge in [0.05, 0.1) is 6.04 Å². The minimum atomic E-state index is 0.0836. The monoisotopic (exact) mass is 299 g/mol. The van der Waals surface area contributed by atoms with Crippen LogP contribution in [-0.2, 0) is 4.79 Å². The van der Waals surface area contributed by atoms with E-state index in [1.807, 2.05) is 19.1 Å². The van der Waals surface area contributed by atoms with Crippen LogP contribution in [0.3, 0.4) is 0 Å². The van der Waals surface area contributed by atoms with Gasteiger partial charge in [0.25, 0.3) is 0 Å². The number of fused-ring (bicyclic) bond motifs is 1. The molecule has 1 fully saturated rings. The summed E-state index contributed by atoms with van der Waals surface area (Å²) in [5.41, 5.74) is 8.10. The lowest BCUT2D eigenvalue weighted by Crippen LogP contribution is -2.39. The number of likely N-dealkylation sites (tertiary alicyclic amines) is 1. The van der Waals surface area contributed by atoms with Crippen LogP contribution in [0, 0.1) is 0 Å². The number of nitrogens with zero attached hydrogens (tertiary/aromatic N) is 1. The molecule has 2 atom stereocenters. The number of rotatable bonds is 4. The molecule has 1 aromatic carbocycles. The minimum Gasteiger partial charge on any atom is -0.357 e. The van der Waals surface area contributed by atoms with Crippen LogP contribution in [0.1, 0.15) is 50.8 Å². The maximum Gasteiger partial charge on any atom is 0.223 e. The maximum atomic E-state index is 12.6. The fourth-order valence-electron chi connectivity index (χ4n) is 3.32. The molecular formula is C18H25N3O. The largest absolute Gasteiger partial charge is 0.357 e. The minimum absolute atomic E-state index is 0.0836. The quantitative estimate of drug-likeness (QED) is 0.909. The van der Waals surface area contributed by atoms with E-state index in [-0.39, 0.29) is 18.0 Å². The standard InChI is InChI=1S/C18H25N3O/c1-13(19)9-10-18(22)21-11-5-4-8-17(21)16-12-14-6-2-3-7-15(14)20-16/h2-3,6-7,12-13,17,20H,4-5,8-11,19H2,1H3. The molecule has 1 aromatic heterocycles. The zero-order valence-corrected chi connectivity index (χ0v) is 13.2. The van der Waals surface area contributed by atoms with Crippen LogP contribution >= 0.6 is 0 Å². The van der Waals surface area contributed by atoms with Crippen molar-refractivity contribution in [2.75, 3.05) is 6.54 Å². The van der Waals surface area contributed by atoms with Crippen molar-refractivity contribution >= 4 is 16.8 Å². The molecule has 3 rings (SSSR count). The van der Waals surface area contributed by atoms with Crippen molar-refractivity contribution in [1.29, 1.82) is 0 Å². The lowest BCUT2D eigenvalue weighted by molar-refractivity contribution is -0.135. The highest BCUT2D eigenvalue weighted by atomic mass is 16.2. The van der Waals surface area contributed by atoms with Gasteiger partial charge < -0.3 is 15.6 Å². The smallest absolute Gasteiger partial charge is 0.223 e. The molecule has 118 valence electrons. The van der Waals surface area contributed by atoms with E-state index in [1.54, 1.807) is 0 Å². The first kappa shape index (κ1) is 15.1. The Labute approximate surface area is 131 Å². The van der Waals surface area contributed by atoms with Crippen molar-refractivity contribution in [2.45, 2.75) is 51.1 Å². The molecule has 4 heteroatoms. The van der Waals surface area contributed by atoms with Crippen LogP contribution in [0.2, 0.25) is 0 Å². The molecule has 0 radical (unpaired) electrons. The summed E-state index contributed by atoms with van der Waals surface area (Å²) in [7, 11) is 0. The Morgan fingerprint density at radius 2 is 2.23 bits per heavy atom. The summed E-state index contributed by atoms with van der Waals surface area (Å²) in [6, 6.07) is 10.7. The Balaban J connectivity index is 1.81. The SMILES string of the molecule is CC(N)CCC(=O)N1CCCCC1c1cc2ccccc2[nH]1. The summed E-state index contributed by atoms with van der Waals surface area (Å²) in [4.78, 5) is 18.1. The number of carbonyl (C=O) groups excluding carboxylic acids is 1. The van der Waals surface area contributed by atoms with E-state index in [2.05, 4.69) is 28.1 Å². The van der Waals surface area contributed by atoms with Crippen LogP contribution in [0.15, 0.2) is 30.3 Å². The Kier molecular flexibility index (Phi) is 4.48. The Morgan fingerprint density at radius 3 is 3.00 bits per heavy atom. The third-order valence-electron chi connectivity index (χ3n) is 4.55. The fraction of sp³-hybridized carbons (Fsp3) is 0.500. The van der Waals surface area contributed by atoms with E-state index in [4.69, 9.17) is 5.73 Å². The Bertz CT molecular complexity index is 614. The summed E-state index contributed by atoms with van der Waals surface area (Å²) in [5.74, 6) is 0.237. The number of hydrogen-bond donors (Lipinski definition) is 2. The third-order valence-corrected chi connectivity index (χ3v) is 4.55. The lowest BCUT2D eigenvalue weighted by Gasteiger charge is -2.35. The van der Waals surface area contributed by atoms with Crippen molar-refractivity contribution in [1.82, 2.24) is 9.88 Å². The highest BCUT2D eigenvalue weighted by Crippen LogP contribution is 2.32. The molecule has 1 saturated heterocycles. The van der Waals surface area contributed by atoms with E-state index in [0.29, 0.717) is 6.42 Å². The van der Waals surface area contributed by atoms with E-state index < -0.39 is 0 Å². The first-order valence-electron chi connectivity index (χ1n) is 8.28. The number of hydrogen-bond acceptors (Lipinski definition) is 2. The summed E-state index contributed by atoms with van der Waals surface area (Å²) < 4.78 is 0. The van der Waals surface area contributed by atoms with Gasteiger partial charge in [-0.1, -0.05) is 18.2 Å². The first-order chi connectivity index (χ1) is 10.6. The molecule has 1 aliphatic heterocycles. The van der Waals surface area contributed by atoms with Gasteiger partial charge in [-0.05, 0) is 50.1 Å². The number of carbonyl (C=O) groups is 1. The topological polar surface area (TPSA) is 62.1 Å². The van der Waals surface area contributed by atoms with Crippen molar-refractivity contribution in [3.8, 4) is 0 Å². The van der Waals surface area contributed by atoms with E-state index >= 15 is 0 Å². The number of piperidine rings is 1. The zero-order valence-electron chi connectivity index (χ0n) is 13.2. The normalized spacial score (nSPS) is 20.3. The van der Waals surface area contributed by atoms with Gasteiger partial charge in [0.2, 0.25) is 5.91 Å². The predicted octanol–water partition coefficient (Wildman–Crippen LogP) is 3.35. The van der Waals surface area contributed by atoms with Crippen molar-refractivity contribution in [2.24, 2.45) is 5.73 Å². The predicted molar refractivity (Wildman–Crippen MR) is 89.5 cm³/mol. The molecule has 1 amide bonds. The van der Waals surface area contributed by atoms with Crippen LogP contribution in [0.25, 0.3) is 10.9 Å². The second-order valence-electron chi connectivity index (χ2n) is 6.43. The maximum absolute atomic E-state index is 12.6. The third kappa shape index (κ3) is 3.17. The van der Waals surface area contributed by atoms with E-state index in [1.165, 1.54) is 11.8 Å². The van der Waals surface area contributed by atoms with Crippen LogP contribution < -0.4 is 5.73 Å². The molecule has 1 aliphatic rings. The van der Waals surface area contributed by atoms with Crippen molar-refractivity contribution in [3.05, 3.63) is 36.0 Å². The summed E-state index contributed by atoms with van der Waals surface area (Å²) in [5, 5.41) is 1.21. The second kappa shape index (κ2) is 6.53. The zero-order chi connectivity index (χ0) is 15.5. The van der Waals surface area contributed by atoms with Gasteiger partial charge in [-0.3, -0.25) is 4.79 Å². The first-order valence-corrected chi connectivity index (χ1v) is 8.28. The molecule has 22 heavy (non-hydrogen) atoms. The van der Waals surface area contributed by atoms with Gasteiger partial charge >= 0.3 is 0 Å². The van der Waals surface area contributed by atoms with E-state index in [0.717, 1.165) is 37.0 Å². The van der Waals surface area contributed by atoms with Gasteiger partial charge in [0.15, 0.2) is 0 Å². The number of aromatic nitrogens is 1. The molecule has 0 aliphatic carbocycles. The highest BCUT2D eigenvalue weighted by Gasteiger charge is 2.28. The number of nitrogens with two attached hydrogens (primary N) is 1. The molecule has 3 N–H and O–H groups in total. The molecule has 0 saturated carbocycles. The van der Waals surface area contributed by atoms with Crippen LogP contribution in [0.5, 0.6) is 0 Å². The molecule has 2 unspecified atom stereocenters.